The summed E-state index contributed by atoms with van der Waals surface area (Å²) in [6.45, 7) is 2.07. The first-order chi connectivity index (χ1) is 8.58. The van der Waals surface area contributed by atoms with Gasteiger partial charge in [0.1, 0.15) is 6.04 Å². The molecule has 18 heavy (non-hydrogen) atoms. The summed E-state index contributed by atoms with van der Waals surface area (Å²) < 4.78 is 4.60. The molecule has 1 aromatic carbocycles. The van der Waals surface area contributed by atoms with E-state index in [0.29, 0.717) is 6.42 Å². The maximum Gasteiger partial charge on any atom is 0.322 e. The predicted molar refractivity (Wildman–Crippen MR) is 73.7 cm³/mol. The summed E-state index contributed by atoms with van der Waals surface area (Å²) in [6, 6.07) is 5.81. The Balaban J connectivity index is 2.51. The van der Waals surface area contributed by atoms with E-state index < -0.39 is 6.04 Å². The zero-order valence-electron chi connectivity index (χ0n) is 11.3. The number of hydrogen-bond acceptors (Lipinski definition) is 4. The van der Waals surface area contributed by atoms with E-state index in [1.165, 1.54) is 18.2 Å². The number of nitrogens with two attached hydrogens (primary N) is 1. The fraction of sp³-hybridized carbons (Fsp3) is 0.500. The number of methoxy groups -OCH3 is 1. The van der Waals surface area contributed by atoms with Gasteiger partial charge in [-0.15, -0.1) is 0 Å². The third-order valence-electron chi connectivity index (χ3n) is 3.00. The first-order valence-corrected chi connectivity index (χ1v) is 6.19. The second-order valence-corrected chi connectivity index (χ2v) is 4.43. The number of benzene rings is 1. The maximum absolute atomic E-state index is 11.2. The minimum Gasteiger partial charge on any atom is -0.468 e. The van der Waals surface area contributed by atoms with E-state index in [0.717, 1.165) is 18.5 Å². The van der Waals surface area contributed by atoms with E-state index in [4.69, 9.17) is 5.73 Å². The van der Waals surface area contributed by atoms with Crippen LogP contribution in [0, 0.1) is 6.92 Å². The molecular formula is C14H22N2O2. The van der Waals surface area contributed by atoms with Crippen LogP contribution in [0.5, 0.6) is 0 Å². The van der Waals surface area contributed by atoms with Gasteiger partial charge in [-0.3, -0.25) is 4.79 Å². The number of rotatable bonds is 6. The van der Waals surface area contributed by atoms with Crippen molar-refractivity contribution < 1.29 is 9.53 Å². The normalized spacial score (nSPS) is 12.0. The van der Waals surface area contributed by atoms with Crippen molar-refractivity contribution in [3.05, 3.63) is 29.3 Å². The maximum atomic E-state index is 11.2. The van der Waals surface area contributed by atoms with Gasteiger partial charge in [0.15, 0.2) is 0 Å². The molecule has 0 amide bonds. The van der Waals surface area contributed by atoms with Gasteiger partial charge in [-0.25, -0.2) is 0 Å². The minimum atomic E-state index is -0.515. The van der Waals surface area contributed by atoms with Crippen LogP contribution < -0.4 is 11.1 Å². The van der Waals surface area contributed by atoms with Crippen LogP contribution in [0.3, 0.4) is 0 Å². The van der Waals surface area contributed by atoms with E-state index in [-0.39, 0.29) is 5.97 Å². The number of anilines is 1. The molecule has 4 nitrogen and oxygen atoms in total. The summed E-state index contributed by atoms with van der Waals surface area (Å²) in [4.78, 5) is 11.2. The monoisotopic (exact) mass is 250 g/mol. The number of carbonyl (C=O) groups excluding carboxylic acids is 1. The second-order valence-electron chi connectivity index (χ2n) is 4.43. The Labute approximate surface area is 109 Å². The molecule has 1 aromatic rings. The predicted octanol–water partition coefficient (Wildman–Crippen LogP) is 1.86. The van der Waals surface area contributed by atoms with E-state index in [1.807, 2.05) is 7.05 Å². The SMILES string of the molecule is CNc1cc(C)ccc1CCCC(N)C(=O)OC. The summed E-state index contributed by atoms with van der Waals surface area (Å²) in [6.07, 6.45) is 2.42. The fourth-order valence-corrected chi connectivity index (χ4v) is 1.92. The molecule has 1 rings (SSSR count). The lowest BCUT2D eigenvalue weighted by atomic mass is 10.0. The molecule has 1 unspecified atom stereocenters. The molecular weight excluding hydrogens is 228 g/mol. The zero-order chi connectivity index (χ0) is 13.5. The molecule has 0 saturated carbocycles. The molecule has 0 aliphatic carbocycles. The highest BCUT2D eigenvalue weighted by molar-refractivity contribution is 5.75. The lowest BCUT2D eigenvalue weighted by Gasteiger charge is -2.12. The van der Waals surface area contributed by atoms with Crippen molar-refractivity contribution in [1.29, 1.82) is 0 Å². The van der Waals surface area contributed by atoms with Gasteiger partial charge >= 0.3 is 5.97 Å². The van der Waals surface area contributed by atoms with Gasteiger partial charge in [0.05, 0.1) is 7.11 Å². The molecule has 100 valence electrons. The minimum absolute atomic E-state index is 0.340. The largest absolute Gasteiger partial charge is 0.468 e. The molecule has 0 radical (unpaired) electrons. The van der Waals surface area contributed by atoms with Crippen molar-refractivity contribution in [1.82, 2.24) is 0 Å². The van der Waals surface area contributed by atoms with Crippen molar-refractivity contribution in [2.24, 2.45) is 5.73 Å². The average molecular weight is 250 g/mol. The van der Waals surface area contributed by atoms with Crippen molar-refractivity contribution in [3.63, 3.8) is 0 Å². The number of aryl methyl sites for hydroxylation is 2. The van der Waals surface area contributed by atoms with E-state index in [2.05, 4.69) is 35.2 Å². The molecule has 0 aliphatic rings. The molecule has 3 N–H and O–H groups in total. The summed E-state index contributed by atoms with van der Waals surface area (Å²) >= 11 is 0. The van der Waals surface area contributed by atoms with Crippen LogP contribution in [0.1, 0.15) is 24.0 Å². The lowest BCUT2D eigenvalue weighted by Crippen LogP contribution is -2.31. The van der Waals surface area contributed by atoms with Gasteiger partial charge in [-0.2, -0.15) is 0 Å². The van der Waals surface area contributed by atoms with Crippen molar-refractivity contribution in [2.75, 3.05) is 19.5 Å². The lowest BCUT2D eigenvalue weighted by molar-refractivity contribution is -0.142. The van der Waals surface area contributed by atoms with Gasteiger partial charge in [0, 0.05) is 12.7 Å². The molecule has 0 spiro atoms. The van der Waals surface area contributed by atoms with Crippen LogP contribution in [-0.2, 0) is 16.0 Å². The molecule has 1 atom stereocenters. The van der Waals surface area contributed by atoms with E-state index >= 15 is 0 Å². The van der Waals surface area contributed by atoms with Crippen LogP contribution in [0.25, 0.3) is 0 Å². The van der Waals surface area contributed by atoms with Gasteiger partial charge in [-0.1, -0.05) is 12.1 Å². The number of carbonyl (C=O) groups is 1. The molecule has 4 heteroatoms. The smallest absolute Gasteiger partial charge is 0.322 e. The Kier molecular flexibility index (Phi) is 5.65. The topological polar surface area (TPSA) is 64.3 Å². The summed E-state index contributed by atoms with van der Waals surface area (Å²) in [5.74, 6) is -0.340. The van der Waals surface area contributed by atoms with E-state index in [1.54, 1.807) is 0 Å². The Hall–Kier alpha value is -1.55. The van der Waals surface area contributed by atoms with E-state index in [9.17, 15) is 4.79 Å². The summed E-state index contributed by atoms with van der Waals surface area (Å²) in [5.41, 5.74) is 9.32. The van der Waals surface area contributed by atoms with Crippen LogP contribution in [0.15, 0.2) is 18.2 Å². The molecule has 0 bridgehead atoms. The van der Waals surface area contributed by atoms with Crippen molar-refractivity contribution >= 4 is 11.7 Å². The molecule has 0 heterocycles. The quantitative estimate of drug-likeness (QED) is 0.756. The van der Waals surface area contributed by atoms with Crippen LogP contribution in [0.2, 0.25) is 0 Å². The van der Waals surface area contributed by atoms with Crippen LogP contribution in [0.4, 0.5) is 5.69 Å². The Morgan fingerprint density at radius 3 is 2.83 bits per heavy atom. The van der Waals surface area contributed by atoms with Gasteiger partial charge in [0.2, 0.25) is 0 Å². The average Bonchev–Trinajstić information content (AvgIpc) is 2.39. The number of esters is 1. The zero-order valence-corrected chi connectivity index (χ0v) is 11.3. The van der Waals surface area contributed by atoms with Crippen molar-refractivity contribution in [2.45, 2.75) is 32.2 Å². The van der Waals surface area contributed by atoms with Gasteiger partial charge in [0.25, 0.3) is 0 Å². The molecule has 0 fully saturated rings. The van der Waals surface area contributed by atoms with Crippen LogP contribution >= 0.6 is 0 Å². The molecule has 0 aromatic heterocycles. The Morgan fingerprint density at radius 1 is 1.50 bits per heavy atom. The summed E-state index contributed by atoms with van der Waals surface area (Å²) in [5, 5.41) is 3.19. The van der Waals surface area contributed by atoms with Gasteiger partial charge in [-0.05, 0) is 43.4 Å². The van der Waals surface area contributed by atoms with Crippen molar-refractivity contribution in [3.8, 4) is 0 Å². The number of hydrogen-bond donors (Lipinski definition) is 2. The highest BCUT2D eigenvalue weighted by atomic mass is 16.5. The number of ether oxygens (including phenoxy) is 1. The first-order valence-electron chi connectivity index (χ1n) is 6.19. The number of nitrogens with one attached hydrogen (secondary N) is 1. The fourth-order valence-electron chi connectivity index (χ4n) is 1.92. The van der Waals surface area contributed by atoms with Crippen LogP contribution in [-0.4, -0.2) is 26.2 Å². The molecule has 0 saturated heterocycles. The van der Waals surface area contributed by atoms with Gasteiger partial charge < -0.3 is 15.8 Å². The summed E-state index contributed by atoms with van der Waals surface area (Å²) in [7, 11) is 3.28. The third-order valence-corrected chi connectivity index (χ3v) is 3.00. The standard InChI is InChI=1S/C14H22N2O2/c1-10-7-8-11(13(9-10)16-2)5-4-6-12(15)14(17)18-3/h7-9,12,16H,4-6,15H2,1-3H3. The first kappa shape index (κ1) is 14.5. The Morgan fingerprint density at radius 2 is 2.22 bits per heavy atom. The third kappa shape index (κ3) is 4.04. The highest BCUT2D eigenvalue weighted by Gasteiger charge is 2.13. The highest BCUT2D eigenvalue weighted by Crippen LogP contribution is 2.19. The molecule has 0 aliphatic heterocycles. The Bertz CT molecular complexity index is 405. The second kappa shape index (κ2) is 7.01.